The summed E-state index contributed by atoms with van der Waals surface area (Å²) in [5.41, 5.74) is -0.722. The Kier molecular flexibility index (Phi) is 7.38. The van der Waals surface area contributed by atoms with E-state index >= 15 is 0 Å². The van der Waals surface area contributed by atoms with Crippen molar-refractivity contribution in [3.8, 4) is 0 Å². The van der Waals surface area contributed by atoms with Crippen LogP contribution in [0.1, 0.15) is 53.7 Å². The van der Waals surface area contributed by atoms with Crippen LogP contribution in [0.4, 0.5) is 4.79 Å². The molecule has 0 saturated heterocycles. The first kappa shape index (κ1) is 20.3. The average molecular weight is 436 g/mol. The molecular formula is C17H29IN2O3. The zero-order valence-electron chi connectivity index (χ0n) is 15.0. The number of furan rings is 1. The molecule has 2 N–H and O–H groups in total. The molecule has 1 aromatic heterocycles. The van der Waals surface area contributed by atoms with Gasteiger partial charge in [-0.1, -0.05) is 13.8 Å². The lowest BCUT2D eigenvalue weighted by Gasteiger charge is -2.33. The standard InChI is InChI=1S/C17H29IN2O3/c1-12(2)9-17(6,11-19-15(21)23-16(3,4)5)20-10-13-7-8-14(18)22-13/h7-8,12,20H,9-11H2,1-6H3,(H,19,21). The van der Waals surface area contributed by atoms with E-state index in [1.54, 1.807) is 0 Å². The van der Waals surface area contributed by atoms with E-state index in [1.165, 1.54) is 0 Å². The number of carbonyl (C=O) groups excluding carboxylic acids is 1. The van der Waals surface area contributed by atoms with Crippen LogP contribution in [-0.2, 0) is 11.3 Å². The van der Waals surface area contributed by atoms with Gasteiger partial charge < -0.3 is 19.8 Å². The lowest BCUT2D eigenvalue weighted by molar-refractivity contribution is 0.0507. The molecule has 1 unspecified atom stereocenters. The van der Waals surface area contributed by atoms with Crippen LogP contribution in [0.2, 0.25) is 0 Å². The fraction of sp³-hybridized carbons (Fsp3) is 0.706. The van der Waals surface area contributed by atoms with E-state index in [-0.39, 0.29) is 11.6 Å². The first-order valence-electron chi connectivity index (χ1n) is 7.95. The van der Waals surface area contributed by atoms with Crippen LogP contribution in [-0.4, -0.2) is 23.8 Å². The molecule has 132 valence electrons. The van der Waals surface area contributed by atoms with Gasteiger partial charge in [0.2, 0.25) is 0 Å². The molecule has 0 aliphatic rings. The summed E-state index contributed by atoms with van der Waals surface area (Å²) in [5, 5.41) is 6.38. The number of hydrogen-bond acceptors (Lipinski definition) is 4. The first-order valence-corrected chi connectivity index (χ1v) is 9.03. The molecule has 0 aliphatic heterocycles. The highest BCUT2D eigenvalue weighted by atomic mass is 127. The van der Waals surface area contributed by atoms with Crippen molar-refractivity contribution in [1.82, 2.24) is 10.6 Å². The molecule has 0 radical (unpaired) electrons. The van der Waals surface area contributed by atoms with E-state index < -0.39 is 5.60 Å². The lowest BCUT2D eigenvalue weighted by Crippen LogP contribution is -2.52. The van der Waals surface area contributed by atoms with Crippen molar-refractivity contribution in [3.63, 3.8) is 0 Å². The van der Waals surface area contributed by atoms with Gasteiger partial charge in [0.25, 0.3) is 0 Å². The fourth-order valence-electron chi connectivity index (χ4n) is 2.44. The van der Waals surface area contributed by atoms with Crippen LogP contribution in [0.15, 0.2) is 16.5 Å². The lowest BCUT2D eigenvalue weighted by atomic mass is 9.90. The molecule has 0 aliphatic carbocycles. The molecule has 0 spiro atoms. The molecule has 1 aromatic rings. The van der Waals surface area contributed by atoms with Crippen LogP contribution in [0.3, 0.4) is 0 Å². The number of carbonyl (C=O) groups is 1. The van der Waals surface area contributed by atoms with Crippen LogP contribution in [0, 0.1) is 9.68 Å². The molecular weight excluding hydrogens is 407 g/mol. The van der Waals surface area contributed by atoms with Gasteiger partial charge in [-0.2, -0.15) is 0 Å². The molecule has 5 nitrogen and oxygen atoms in total. The highest BCUT2D eigenvalue weighted by Crippen LogP contribution is 2.18. The quantitative estimate of drug-likeness (QED) is 0.626. The van der Waals surface area contributed by atoms with Crippen molar-refractivity contribution in [2.24, 2.45) is 5.92 Å². The maximum Gasteiger partial charge on any atom is 0.407 e. The highest BCUT2D eigenvalue weighted by Gasteiger charge is 2.27. The van der Waals surface area contributed by atoms with Gasteiger partial charge in [0, 0.05) is 12.1 Å². The van der Waals surface area contributed by atoms with E-state index in [0.29, 0.717) is 19.0 Å². The Morgan fingerprint density at radius 3 is 2.43 bits per heavy atom. The Morgan fingerprint density at radius 2 is 1.96 bits per heavy atom. The van der Waals surface area contributed by atoms with E-state index in [4.69, 9.17) is 9.15 Å². The van der Waals surface area contributed by atoms with Crippen molar-refractivity contribution in [2.75, 3.05) is 6.54 Å². The van der Waals surface area contributed by atoms with Crippen molar-refractivity contribution < 1.29 is 13.9 Å². The average Bonchev–Trinajstić information content (AvgIpc) is 2.77. The molecule has 1 atom stereocenters. The predicted molar refractivity (Wildman–Crippen MR) is 100 cm³/mol. The molecule has 1 rings (SSSR count). The van der Waals surface area contributed by atoms with Crippen LogP contribution in [0.25, 0.3) is 0 Å². The highest BCUT2D eigenvalue weighted by molar-refractivity contribution is 14.1. The number of halogens is 1. The monoisotopic (exact) mass is 436 g/mol. The number of rotatable bonds is 7. The number of amides is 1. The summed E-state index contributed by atoms with van der Waals surface area (Å²) in [4.78, 5) is 11.9. The SMILES string of the molecule is CC(C)CC(C)(CNC(=O)OC(C)(C)C)NCc1ccc(I)o1. The maximum atomic E-state index is 11.9. The second kappa shape index (κ2) is 8.37. The summed E-state index contributed by atoms with van der Waals surface area (Å²) in [7, 11) is 0. The van der Waals surface area contributed by atoms with Crippen molar-refractivity contribution >= 4 is 28.7 Å². The summed E-state index contributed by atoms with van der Waals surface area (Å²) in [6.45, 7) is 13.1. The van der Waals surface area contributed by atoms with Gasteiger partial charge in [-0.3, -0.25) is 0 Å². The molecule has 6 heteroatoms. The minimum Gasteiger partial charge on any atom is -0.454 e. The van der Waals surface area contributed by atoms with Gasteiger partial charge >= 0.3 is 6.09 Å². The Balaban J connectivity index is 2.60. The topological polar surface area (TPSA) is 63.5 Å². The first-order chi connectivity index (χ1) is 10.5. The van der Waals surface area contributed by atoms with E-state index in [1.807, 2.05) is 32.9 Å². The van der Waals surface area contributed by atoms with Crippen LogP contribution >= 0.6 is 22.6 Å². The fourth-order valence-corrected chi connectivity index (χ4v) is 2.90. The number of hydrogen-bond donors (Lipinski definition) is 2. The van der Waals surface area contributed by atoms with Crippen LogP contribution < -0.4 is 10.6 Å². The molecule has 0 aromatic carbocycles. The molecule has 0 saturated carbocycles. The molecule has 1 heterocycles. The normalized spacial score (nSPS) is 14.6. The van der Waals surface area contributed by atoms with Gasteiger partial charge in [0.15, 0.2) is 3.77 Å². The third kappa shape index (κ3) is 8.60. The summed E-state index contributed by atoms with van der Waals surface area (Å²) in [6, 6.07) is 3.90. The minimum absolute atomic E-state index is 0.233. The van der Waals surface area contributed by atoms with E-state index in [9.17, 15) is 4.79 Å². The zero-order valence-corrected chi connectivity index (χ0v) is 17.1. The van der Waals surface area contributed by atoms with Gasteiger partial charge in [-0.05, 0) is 74.8 Å². The van der Waals surface area contributed by atoms with Gasteiger partial charge in [-0.25, -0.2) is 4.79 Å². The van der Waals surface area contributed by atoms with Crippen LogP contribution in [0.5, 0.6) is 0 Å². The summed E-state index contributed by atoms with van der Waals surface area (Å²) in [6.07, 6.45) is 0.544. The van der Waals surface area contributed by atoms with Gasteiger partial charge in [-0.15, -0.1) is 0 Å². The molecule has 0 fully saturated rings. The van der Waals surface area contributed by atoms with Gasteiger partial charge in [0.1, 0.15) is 11.4 Å². The number of nitrogens with one attached hydrogen (secondary N) is 2. The second-order valence-electron chi connectivity index (χ2n) is 7.57. The smallest absolute Gasteiger partial charge is 0.407 e. The van der Waals surface area contributed by atoms with E-state index in [2.05, 4.69) is 54.0 Å². The Morgan fingerprint density at radius 1 is 1.30 bits per heavy atom. The third-order valence-corrected chi connectivity index (χ3v) is 3.78. The Bertz CT molecular complexity index is 508. The number of alkyl carbamates (subject to hydrolysis) is 1. The Labute approximate surface area is 153 Å². The van der Waals surface area contributed by atoms with Crippen molar-refractivity contribution in [2.45, 2.75) is 65.6 Å². The number of ether oxygens (including phenoxy) is 1. The largest absolute Gasteiger partial charge is 0.454 e. The van der Waals surface area contributed by atoms with Crippen molar-refractivity contribution in [1.29, 1.82) is 0 Å². The summed E-state index contributed by atoms with van der Waals surface area (Å²) >= 11 is 2.15. The Hall–Kier alpha value is -0.760. The third-order valence-electron chi connectivity index (χ3n) is 3.20. The predicted octanol–water partition coefficient (Wildman–Crippen LogP) is 4.30. The van der Waals surface area contributed by atoms with E-state index in [0.717, 1.165) is 15.9 Å². The van der Waals surface area contributed by atoms with Crippen molar-refractivity contribution in [3.05, 3.63) is 21.7 Å². The molecule has 23 heavy (non-hydrogen) atoms. The maximum absolute atomic E-state index is 11.9. The zero-order chi connectivity index (χ0) is 17.7. The second-order valence-corrected chi connectivity index (χ2v) is 8.64. The summed E-state index contributed by atoms with van der Waals surface area (Å²) < 4.78 is 11.8. The molecule has 1 amide bonds. The molecule has 0 bridgehead atoms. The summed E-state index contributed by atoms with van der Waals surface area (Å²) in [5.74, 6) is 1.39. The van der Waals surface area contributed by atoms with Gasteiger partial charge in [0.05, 0.1) is 6.54 Å². The minimum atomic E-state index is -0.489.